The number of ether oxygens (including phenoxy) is 1. The summed E-state index contributed by atoms with van der Waals surface area (Å²) in [5.74, 6) is -0.359. The third-order valence-electron chi connectivity index (χ3n) is 6.08. The Morgan fingerprint density at radius 3 is 2.41 bits per heavy atom. The van der Waals surface area contributed by atoms with Crippen LogP contribution in [0.1, 0.15) is 34.8 Å². The maximum absolute atomic E-state index is 12.5. The van der Waals surface area contributed by atoms with Gasteiger partial charge < -0.3 is 24.5 Å². The Balaban J connectivity index is 1.58. The van der Waals surface area contributed by atoms with Crippen molar-refractivity contribution in [3.05, 3.63) is 47.4 Å². The minimum Gasteiger partial charge on any atom is -0.505 e. The number of carbonyl (C=O) groups is 3. The molecule has 1 aromatic heterocycles. The molecule has 0 spiro atoms. The Bertz CT molecular complexity index is 1070. The molecule has 170 valence electrons. The summed E-state index contributed by atoms with van der Waals surface area (Å²) < 4.78 is 11.2. The lowest BCUT2D eigenvalue weighted by atomic mass is 9.76. The average Bonchev–Trinajstić information content (AvgIpc) is 3.17. The van der Waals surface area contributed by atoms with Crippen molar-refractivity contribution in [1.29, 1.82) is 0 Å². The SMILES string of the molecule is Cc1ccc([C@@H](NC2C(=O)C(=O)C2Nc2cccc(C(=O)N(C)C)c2O)C2(C)COC2)o1. The Morgan fingerprint density at radius 1 is 1.16 bits per heavy atom. The number of anilines is 1. The number of ketones is 2. The van der Waals surface area contributed by atoms with E-state index in [2.05, 4.69) is 10.6 Å². The molecule has 1 aromatic carbocycles. The fraction of sp³-hybridized carbons (Fsp3) is 0.435. The number of nitrogens with zero attached hydrogens (tertiary/aromatic N) is 1. The number of benzene rings is 1. The van der Waals surface area contributed by atoms with E-state index in [0.717, 1.165) is 5.76 Å². The summed E-state index contributed by atoms with van der Waals surface area (Å²) in [4.78, 5) is 38.5. The number of furan rings is 1. The fourth-order valence-corrected chi connectivity index (χ4v) is 4.08. The first-order valence-corrected chi connectivity index (χ1v) is 10.4. The van der Waals surface area contributed by atoms with Crippen molar-refractivity contribution in [2.75, 3.05) is 32.6 Å². The molecule has 1 aliphatic carbocycles. The zero-order valence-corrected chi connectivity index (χ0v) is 18.5. The van der Waals surface area contributed by atoms with E-state index in [1.807, 2.05) is 26.0 Å². The van der Waals surface area contributed by atoms with Crippen LogP contribution >= 0.6 is 0 Å². The van der Waals surface area contributed by atoms with Crippen LogP contribution in [0.2, 0.25) is 0 Å². The van der Waals surface area contributed by atoms with Gasteiger partial charge in [0.05, 0.1) is 30.5 Å². The lowest BCUT2D eigenvalue weighted by Gasteiger charge is -2.47. The number of nitrogens with one attached hydrogen (secondary N) is 2. The smallest absolute Gasteiger partial charge is 0.257 e. The predicted molar refractivity (Wildman–Crippen MR) is 116 cm³/mol. The van der Waals surface area contributed by atoms with E-state index in [0.29, 0.717) is 19.0 Å². The van der Waals surface area contributed by atoms with Crippen LogP contribution in [0.15, 0.2) is 34.7 Å². The number of rotatable bonds is 7. The molecule has 0 radical (unpaired) electrons. The maximum atomic E-state index is 12.5. The molecule has 2 fully saturated rings. The summed E-state index contributed by atoms with van der Waals surface area (Å²) in [6, 6.07) is 6.32. The molecule has 1 saturated carbocycles. The minimum atomic E-state index is -0.888. The van der Waals surface area contributed by atoms with E-state index < -0.39 is 23.7 Å². The van der Waals surface area contributed by atoms with Gasteiger partial charge in [-0.3, -0.25) is 19.7 Å². The number of phenolic OH excluding ortho intramolecular Hbond substituents is 1. The summed E-state index contributed by atoms with van der Waals surface area (Å²) in [5, 5.41) is 16.8. The summed E-state index contributed by atoms with van der Waals surface area (Å²) in [5.41, 5.74) is 0.0121. The van der Waals surface area contributed by atoms with E-state index >= 15 is 0 Å². The van der Waals surface area contributed by atoms with Crippen LogP contribution in [0.5, 0.6) is 5.75 Å². The lowest BCUT2D eigenvalue weighted by Crippen LogP contribution is -2.69. The molecule has 1 aliphatic heterocycles. The number of aryl methyl sites for hydroxylation is 1. The molecule has 32 heavy (non-hydrogen) atoms. The fourth-order valence-electron chi connectivity index (χ4n) is 4.08. The Morgan fingerprint density at radius 2 is 1.84 bits per heavy atom. The van der Waals surface area contributed by atoms with Crippen molar-refractivity contribution in [1.82, 2.24) is 10.2 Å². The molecular weight excluding hydrogens is 414 g/mol. The second-order valence-electron chi connectivity index (χ2n) is 8.92. The van der Waals surface area contributed by atoms with Crippen molar-refractivity contribution in [3.8, 4) is 5.75 Å². The minimum absolute atomic E-state index is 0.102. The zero-order chi connectivity index (χ0) is 23.2. The van der Waals surface area contributed by atoms with Crippen LogP contribution in [0.25, 0.3) is 0 Å². The molecule has 9 nitrogen and oxygen atoms in total. The van der Waals surface area contributed by atoms with Gasteiger partial charge in [-0.1, -0.05) is 13.0 Å². The van der Waals surface area contributed by atoms with Crippen molar-refractivity contribution in [3.63, 3.8) is 0 Å². The first kappa shape index (κ1) is 22.0. The highest BCUT2D eigenvalue weighted by Gasteiger charge is 2.53. The Hall–Kier alpha value is -3.17. The van der Waals surface area contributed by atoms with Crippen LogP contribution < -0.4 is 10.6 Å². The van der Waals surface area contributed by atoms with Crippen LogP contribution in [-0.2, 0) is 14.3 Å². The first-order valence-electron chi connectivity index (χ1n) is 10.4. The topological polar surface area (TPSA) is 121 Å². The number of aromatic hydroxyl groups is 1. The monoisotopic (exact) mass is 441 g/mol. The van der Waals surface area contributed by atoms with Crippen LogP contribution in [-0.4, -0.2) is 66.9 Å². The van der Waals surface area contributed by atoms with Gasteiger partial charge in [-0.15, -0.1) is 0 Å². The molecule has 1 saturated heterocycles. The van der Waals surface area contributed by atoms with Gasteiger partial charge in [-0.25, -0.2) is 0 Å². The summed E-state index contributed by atoms with van der Waals surface area (Å²) in [6.45, 7) is 4.86. The summed E-state index contributed by atoms with van der Waals surface area (Å²) in [7, 11) is 3.16. The molecule has 2 unspecified atom stereocenters. The number of phenols is 1. The van der Waals surface area contributed by atoms with Gasteiger partial charge in [0.1, 0.15) is 23.6 Å². The normalized spacial score (nSPS) is 22.6. The van der Waals surface area contributed by atoms with Crippen LogP contribution in [0.4, 0.5) is 5.69 Å². The molecule has 4 rings (SSSR count). The van der Waals surface area contributed by atoms with E-state index in [1.165, 1.54) is 11.0 Å². The molecule has 0 bridgehead atoms. The van der Waals surface area contributed by atoms with Gasteiger partial charge in [0, 0.05) is 19.5 Å². The Labute approximate surface area is 185 Å². The summed E-state index contributed by atoms with van der Waals surface area (Å²) >= 11 is 0. The van der Waals surface area contributed by atoms with Crippen LogP contribution in [0.3, 0.4) is 0 Å². The maximum Gasteiger partial charge on any atom is 0.257 e. The average molecular weight is 441 g/mol. The number of amides is 1. The molecule has 3 atom stereocenters. The third-order valence-corrected chi connectivity index (χ3v) is 6.08. The first-order chi connectivity index (χ1) is 15.1. The highest BCUT2D eigenvalue weighted by atomic mass is 16.5. The quantitative estimate of drug-likeness (QED) is 0.438. The third kappa shape index (κ3) is 3.67. The molecule has 1 amide bonds. The van der Waals surface area contributed by atoms with Gasteiger partial charge in [0.2, 0.25) is 11.6 Å². The molecule has 2 heterocycles. The van der Waals surface area contributed by atoms with Gasteiger partial charge in [0.25, 0.3) is 5.91 Å². The Kier molecular flexibility index (Phi) is 5.56. The number of hydrogen-bond acceptors (Lipinski definition) is 8. The van der Waals surface area contributed by atoms with Gasteiger partial charge in [-0.2, -0.15) is 0 Å². The van der Waals surface area contributed by atoms with Crippen LogP contribution in [0, 0.1) is 12.3 Å². The largest absolute Gasteiger partial charge is 0.505 e. The second kappa shape index (κ2) is 8.07. The van der Waals surface area contributed by atoms with Gasteiger partial charge in [-0.05, 0) is 31.2 Å². The highest BCUT2D eigenvalue weighted by molar-refractivity contribution is 6.49. The van der Waals surface area contributed by atoms with Crippen molar-refractivity contribution in [2.45, 2.75) is 32.0 Å². The zero-order valence-electron chi connectivity index (χ0n) is 18.5. The molecule has 2 aliphatic rings. The number of para-hydroxylation sites is 1. The summed E-state index contributed by atoms with van der Waals surface area (Å²) in [6.07, 6.45) is 0. The predicted octanol–water partition coefficient (Wildman–Crippen LogP) is 1.66. The van der Waals surface area contributed by atoms with E-state index in [9.17, 15) is 19.5 Å². The lowest BCUT2D eigenvalue weighted by molar-refractivity contribution is -0.150. The number of Topliss-reactive ketones (excluding diaryl/α,β-unsaturated/α-hetero) is 2. The highest BCUT2D eigenvalue weighted by Crippen LogP contribution is 2.42. The van der Waals surface area contributed by atoms with E-state index in [1.54, 1.807) is 26.2 Å². The molecule has 9 heteroatoms. The number of carbonyl (C=O) groups excluding carboxylic acids is 3. The standard InChI is InChI=1S/C23H27N3O6/c1-12-8-9-15(32-12)21(23(2)10-31-11-23)25-17-16(19(28)20(17)29)24-14-7-5-6-13(18(14)27)22(30)26(3)4/h5-9,16-17,21,24-25,27H,10-11H2,1-4H3/t16?,17?,21-/m1/s1. The molecule has 3 N–H and O–H groups in total. The van der Waals surface area contributed by atoms with E-state index in [-0.39, 0.29) is 34.4 Å². The number of hydrogen-bond donors (Lipinski definition) is 3. The van der Waals surface area contributed by atoms with Crippen molar-refractivity contribution >= 4 is 23.2 Å². The second-order valence-corrected chi connectivity index (χ2v) is 8.92. The van der Waals surface area contributed by atoms with Crippen molar-refractivity contribution < 1.29 is 28.6 Å². The van der Waals surface area contributed by atoms with Gasteiger partial charge in [0.15, 0.2) is 5.75 Å². The van der Waals surface area contributed by atoms with Crippen molar-refractivity contribution in [2.24, 2.45) is 5.41 Å². The van der Waals surface area contributed by atoms with E-state index in [4.69, 9.17) is 9.15 Å². The molecular formula is C23H27N3O6. The molecule has 2 aromatic rings. The van der Waals surface area contributed by atoms with Gasteiger partial charge >= 0.3 is 0 Å².